The van der Waals surface area contributed by atoms with Crippen molar-refractivity contribution in [3.05, 3.63) is 55.9 Å². The van der Waals surface area contributed by atoms with E-state index in [2.05, 4.69) is 16.0 Å². The van der Waals surface area contributed by atoms with Gasteiger partial charge in [-0.15, -0.1) is 11.3 Å². The van der Waals surface area contributed by atoms with Gasteiger partial charge in [0.05, 0.1) is 5.39 Å². The number of rotatable bonds is 5. The molecule has 3 aromatic rings. The van der Waals surface area contributed by atoms with Gasteiger partial charge in [-0.05, 0) is 68.9 Å². The average molecular weight is 398 g/mol. The number of H-pyrrole nitrogens is 1. The lowest BCUT2D eigenvalue weighted by molar-refractivity contribution is -0.151. The second-order valence-electron chi connectivity index (χ2n) is 7.12. The number of nitrogens with one attached hydrogen (secondary N) is 1. The first-order chi connectivity index (χ1) is 13.4. The first kappa shape index (κ1) is 18.7. The third-order valence-corrected chi connectivity index (χ3v) is 6.28. The number of nitrogens with zero attached hydrogens (tertiary/aromatic N) is 1. The Bertz CT molecular complexity index is 1120. The van der Waals surface area contributed by atoms with Crippen LogP contribution in [0, 0.1) is 13.8 Å². The summed E-state index contributed by atoms with van der Waals surface area (Å²) in [5, 5.41) is 0.602. The summed E-state index contributed by atoms with van der Waals surface area (Å²) in [5.41, 5.74) is 3.37. The summed E-state index contributed by atoms with van der Waals surface area (Å²) in [6.07, 6.45) is 2.65. The number of carbonyl (C=O) groups is 1. The Morgan fingerprint density at radius 3 is 2.89 bits per heavy atom. The normalized spacial score (nSPS) is 14.1. The highest BCUT2D eigenvalue weighted by Gasteiger charge is 2.19. The Morgan fingerprint density at radius 1 is 1.29 bits per heavy atom. The van der Waals surface area contributed by atoms with Crippen molar-refractivity contribution < 1.29 is 14.3 Å². The molecule has 6 nitrogen and oxygen atoms in total. The standard InChI is InChI=1S/C21H22N2O4S/c1-11-13(3)28-21-18(11)20(25)22-19(23-21)12(2)27-17(24)10-26-16-8-7-14-5-4-6-15(14)9-16/h7-9,12H,4-6,10H2,1-3H3,(H,22,23,25)/t12-/m0/s1. The second kappa shape index (κ2) is 7.39. The summed E-state index contributed by atoms with van der Waals surface area (Å²) >= 11 is 1.46. The zero-order valence-electron chi connectivity index (χ0n) is 16.1. The molecule has 1 aromatic carbocycles. The molecule has 0 aliphatic heterocycles. The minimum absolute atomic E-state index is 0.188. The van der Waals surface area contributed by atoms with Crippen LogP contribution in [-0.2, 0) is 22.4 Å². The van der Waals surface area contributed by atoms with Gasteiger partial charge in [-0.2, -0.15) is 0 Å². The molecule has 0 bridgehead atoms. The van der Waals surface area contributed by atoms with Crippen LogP contribution >= 0.6 is 11.3 Å². The van der Waals surface area contributed by atoms with Crippen LogP contribution in [0.4, 0.5) is 0 Å². The minimum atomic E-state index is -0.670. The van der Waals surface area contributed by atoms with Crippen molar-refractivity contribution in [2.24, 2.45) is 0 Å². The molecular weight excluding hydrogens is 376 g/mol. The molecule has 2 aromatic heterocycles. The van der Waals surface area contributed by atoms with E-state index in [4.69, 9.17) is 9.47 Å². The van der Waals surface area contributed by atoms with Crippen molar-refractivity contribution in [3.8, 4) is 5.75 Å². The Hall–Kier alpha value is -2.67. The quantitative estimate of drug-likeness (QED) is 0.662. The predicted octanol–water partition coefficient (Wildman–Crippen LogP) is 3.77. The van der Waals surface area contributed by atoms with Crippen molar-refractivity contribution in [1.82, 2.24) is 9.97 Å². The smallest absolute Gasteiger partial charge is 0.344 e. The summed E-state index contributed by atoms with van der Waals surface area (Å²) < 4.78 is 11.0. The highest BCUT2D eigenvalue weighted by atomic mass is 32.1. The summed E-state index contributed by atoms with van der Waals surface area (Å²) in [6, 6.07) is 5.93. The molecule has 0 saturated heterocycles. The molecule has 0 saturated carbocycles. The fourth-order valence-electron chi connectivity index (χ4n) is 3.53. The molecule has 2 heterocycles. The number of ether oxygens (including phenoxy) is 2. The van der Waals surface area contributed by atoms with Crippen molar-refractivity contribution >= 4 is 27.5 Å². The Kier molecular flexibility index (Phi) is 4.93. The van der Waals surface area contributed by atoms with Gasteiger partial charge in [0.2, 0.25) is 0 Å². The van der Waals surface area contributed by atoms with Crippen molar-refractivity contribution in [3.63, 3.8) is 0 Å². The topological polar surface area (TPSA) is 81.3 Å². The number of esters is 1. The fraction of sp³-hybridized carbons (Fsp3) is 0.381. The summed E-state index contributed by atoms with van der Waals surface area (Å²) in [6.45, 7) is 5.36. The van der Waals surface area contributed by atoms with Gasteiger partial charge in [0.1, 0.15) is 10.6 Å². The van der Waals surface area contributed by atoms with Gasteiger partial charge in [-0.25, -0.2) is 9.78 Å². The zero-order chi connectivity index (χ0) is 19.8. The number of aromatic nitrogens is 2. The van der Waals surface area contributed by atoms with Crippen LogP contribution in [0.1, 0.15) is 46.8 Å². The molecule has 1 aliphatic rings. The Balaban J connectivity index is 1.42. The third-order valence-electron chi connectivity index (χ3n) is 5.18. The maximum absolute atomic E-state index is 12.4. The number of hydrogen-bond acceptors (Lipinski definition) is 6. The van der Waals surface area contributed by atoms with Crippen LogP contribution < -0.4 is 10.3 Å². The molecule has 0 amide bonds. The highest BCUT2D eigenvalue weighted by molar-refractivity contribution is 7.18. The minimum Gasteiger partial charge on any atom is -0.482 e. The number of thiophene rings is 1. The van der Waals surface area contributed by atoms with Crippen molar-refractivity contribution in [2.45, 2.75) is 46.1 Å². The number of fused-ring (bicyclic) bond motifs is 2. The molecule has 7 heteroatoms. The van der Waals surface area contributed by atoms with Gasteiger partial charge in [-0.3, -0.25) is 4.79 Å². The predicted molar refractivity (Wildman–Crippen MR) is 108 cm³/mol. The van der Waals surface area contributed by atoms with E-state index in [0.717, 1.165) is 29.7 Å². The van der Waals surface area contributed by atoms with Crippen LogP contribution in [0.3, 0.4) is 0 Å². The lowest BCUT2D eigenvalue weighted by atomic mass is 10.1. The van der Waals surface area contributed by atoms with E-state index in [1.807, 2.05) is 26.0 Å². The summed E-state index contributed by atoms with van der Waals surface area (Å²) in [7, 11) is 0. The first-order valence-corrected chi connectivity index (χ1v) is 10.2. The van der Waals surface area contributed by atoms with Crippen molar-refractivity contribution in [2.75, 3.05) is 6.61 Å². The van der Waals surface area contributed by atoms with Gasteiger partial charge in [-0.1, -0.05) is 6.07 Å². The largest absolute Gasteiger partial charge is 0.482 e. The van der Waals surface area contributed by atoms with E-state index in [-0.39, 0.29) is 12.2 Å². The second-order valence-corrected chi connectivity index (χ2v) is 8.32. The molecule has 1 atom stereocenters. The molecular formula is C21H22N2O4S. The highest BCUT2D eigenvalue weighted by Crippen LogP contribution is 2.27. The lowest BCUT2D eigenvalue weighted by Gasteiger charge is -2.13. The van der Waals surface area contributed by atoms with Crippen LogP contribution in [-0.4, -0.2) is 22.5 Å². The van der Waals surface area contributed by atoms with E-state index < -0.39 is 12.1 Å². The molecule has 4 rings (SSSR count). The maximum Gasteiger partial charge on any atom is 0.344 e. The number of aromatic amines is 1. The summed E-state index contributed by atoms with van der Waals surface area (Å²) in [5.74, 6) is 0.502. The molecule has 0 fully saturated rings. The molecule has 28 heavy (non-hydrogen) atoms. The van der Waals surface area contributed by atoms with Gasteiger partial charge in [0.25, 0.3) is 5.56 Å². The third kappa shape index (κ3) is 3.54. The SMILES string of the molecule is Cc1sc2nc([C@H](C)OC(=O)COc3ccc4c(c3)CCC4)[nH]c(=O)c2c1C. The monoisotopic (exact) mass is 398 g/mol. The van der Waals surface area contributed by atoms with Crippen LogP contribution in [0.5, 0.6) is 5.75 Å². The zero-order valence-corrected chi connectivity index (χ0v) is 16.9. The van der Waals surface area contributed by atoms with E-state index in [0.29, 0.717) is 21.8 Å². The lowest BCUT2D eigenvalue weighted by Crippen LogP contribution is -2.20. The van der Waals surface area contributed by atoms with E-state index in [1.54, 1.807) is 6.92 Å². The summed E-state index contributed by atoms with van der Waals surface area (Å²) in [4.78, 5) is 33.5. The molecule has 0 radical (unpaired) electrons. The molecule has 0 spiro atoms. The number of aryl methyl sites for hydroxylation is 4. The van der Waals surface area contributed by atoms with Gasteiger partial charge in [0, 0.05) is 4.88 Å². The van der Waals surface area contributed by atoms with E-state index in [1.165, 1.54) is 22.5 Å². The maximum atomic E-state index is 12.4. The Morgan fingerprint density at radius 2 is 2.07 bits per heavy atom. The number of benzene rings is 1. The Labute approximate surface area is 166 Å². The molecule has 1 aliphatic carbocycles. The number of carbonyl (C=O) groups excluding carboxylic acids is 1. The molecule has 1 N–H and O–H groups in total. The van der Waals surface area contributed by atoms with E-state index in [9.17, 15) is 9.59 Å². The van der Waals surface area contributed by atoms with Crippen molar-refractivity contribution in [1.29, 1.82) is 0 Å². The van der Waals surface area contributed by atoms with Gasteiger partial charge < -0.3 is 14.5 Å². The van der Waals surface area contributed by atoms with Crippen LogP contribution in [0.2, 0.25) is 0 Å². The van der Waals surface area contributed by atoms with Gasteiger partial charge >= 0.3 is 5.97 Å². The number of hydrogen-bond donors (Lipinski definition) is 1. The van der Waals surface area contributed by atoms with Gasteiger partial charge in [0.15, 0.2) is 18.5 Å². The van der Waals surface area contributed by atoms with Crippen LogP contribution in [0.25, 0.3) is 10.2 Å². The van der Waals surface area contributed by atoms with E-state index >= 15 is 0 Å². The first-order valence-electron chi connectivity index (χ1n) is 9.36. The average Bonchev–Trinajstić information content (AvgIpc) is 3.24. The fourth-order valence-corrected chi connectivity index (χ4v) is 4.57. The van der Waals surface area contributed by atoms with Crippen LogP contribution in [0.15, 0.2) is 23.0 Å². The molecule has 146 valence electrons. The molecule has 0 unspecified atom stereocenters.